The van der Waals surface area contributed by atoms with Crippen molar-refractivity contribution in [2.75, 3.05) is 0 Å². The molecular formula is C11H14N2O. The van der Waals surface area contributed by atoms with Crippen LogP contribution in [0.2, 0.25) is 0 Å². The van der Waals surface area contributed by atoms with Crippen LogP contribution in [0.3, 0.4) is 0 Å². The average molecular weight is 190 g/mol. The summed E-state index contributed by atoms with van der Waals surface area (Å²) in [6.07, 6.45) is 2.57. The molecule has 1 amide bonds. The van der Waals surface area contributed by atoms with Crippen molar-refractivity contribution in [2.45, 2.75) is 24.8 Å². The summed E-state index contributed by atoms with van der Waals surface area (Å²) in [7, 11) is 0. The van der Waals surface area contributed by atoms with E-state index in [1.165, 1.54) is 0 Å². The molecule has 1 unspecified atom stereocenters. The number of rotatable bonds is 1. The third kappa shape index (κ3) is 1.21. The van der Waals surface area contributed by atoms with E-state index in [0.29, 0.717) is 6.42 Å². The quantitative estimate of drug-likeness (QED) is 0.683. The molecule has 3 heteroatoms. The highest BCUT2D eigenvalue weighted by atomic mass is 16.1. The van der Waals surface area contributed by atoms with Crippen molar-refractivity contribution < 1.29 is 4.79 Å². The van der Waals surface area contributed by atoms with Crippen LogP contribution < -0.4 is 11.5 Å². The second kappa shape index (κ2) is 3.10. The second-order valence-electron chi connectivity index (χ2n) is 3.85. The van der Waals surface area contributed by atoms with Crippen LogP contribution in [-0.4, -0.2) is 5.91 Å². The minimum Gasteiger partial charge on any atom is -0.368 e. The highest BCUT2D eigenvalue weighted by Gasteiger charge is 2.37. The second-order valence-corrected chi connectivity index (χ2v) is 3.85. The number of carbonyl (C=O) groups is 1. The first-order chi connectivity index (χ1) is 6.64. The number of primary amides is 1. The summed E-state index contributed by atoms with van der Waals surface area (Å²) in [6.45, 7) is 0. The van der Waals surface area contributed by atoms with Crippen LogP contribution in [0.25, 0.3) is 0 Å². The van der Waals surface area contributed by atoms with Gasteiger partial charge < -0.3 is 11.5 Å². The van der Waals surface area contributed by atoms with Crippen molar-refractivity contribution >= 4 is 5.91 Å². The maximum Gasteiger partial charge on any atom is 0.242 e. The largest absolute Gasteiger partial charge is 0.368 e. The third-order valence-electron chi connectivity index (χ3n) is 2.95. The van der Waals surface area contributed by atoms with Crippen molar-refractivity contribution in [2.24, 2.45) is 11.5 Å². The van der Waals surface area contributed by atoms with E-state index in [9.17, 15) is 4.79 Å². The average Bonchev–Trinajstić information content (AvgIpc) is 2.18. The van der Waals surface area contributed by atoms with E-state index in [1.807, 2.05) is 24.3 Å². The van der Waals surface area contributed by atoms with Gasteiger partial charge in [0.15, 0.2) is 0 Å². The fourth-order valence-electron chi connectivity index (χ4n) is 2.12. The van der Waals surface area contributed by atoms with Crippen LogP contribution in [0.4, 0.5) is 0 Å². The number of hydrogen-bond donors (Lipinski definition) is 2. The first-order valence-electron chi connectivity index (χ1n) is 4.82. The fraction of sp³-hybridized carbons (Fsp3) is 0.364. The van der Waals surface area contributed by atoms with E-state index in [2.05, 4.69) is 0 Å². The molecule has 0 fully saturated rings. The molecule has 0 spiro atoms. The Labute approximate surface area is 83.1 Å². The number of hydrogen-bond acceptors (Lipinski definition) is 2. The molecule has 1 aliphatic rings. The number of amides is 1. The lowest BCUT2D eigenvalue weighted by molar-refractivity contribution is -0.123. The molecule has 2 rings (SSSR count). The molecule has 4 N–H and O–H groups in total. The van der Waals surface area contributed by atoms with Crippen molar-refractivity contribution in [1.29, 1.82) is 0 Å². The lowest BCUT2D eigenvalue weighted by Crippen LogP contribution is -2.51. The molecule has 1 aromatic rings. The molecule has 74 valence electrons. The van der Waals surface area contributed by atoms with Gasteiger partial charge in [0, 0.05) is 0 Å². The van der Waals surface area contributed by atoms with E-state index in [1.54, 1.807) is 0 Å². The zero-order valence-electron chi connectivity index (χ0n) is 7.99. The Balaban J connectivity index is 2.55. The van der Waals surface area contributed by atoms with Gasteiger partial charge in [-0.15, -0.1) is 0 Å². The molecule has 0 bridgehead atoms. The molecule has 0 saturated carbocycles. The SMILES string of the molecule is NC(=O)C1(N)CCCc2ccccc21. The summed E-state index contributed by atoms with van der Waals surface area (Å²) in [5.41, 5.74) is 12.5. The molecule has 0 aliphatic heterocycles. The maximum absolute atomic E-state index is 11.3. The van der Waals surface area contributed by atoms with Crippen LogP contribution in [-0.2, 0) is 16.8 Å². The summed E-state index contributed by atoms with van der Waals surface area (Å²) in [5.74, 6) is -0.426. The minimum absolute atomic E-state index is 0.426. The molecule has 0 heterocycles. The van der Waals surface area contributed by atoms with Crippen molar-refractivity contribution in [3.63, 3.8) is 0 Å². The Hall–Kier alpha value is -1.35. The Morgan fingerprint density at radius 3 is 2.79 bits per heavy atom. The van der Waals surface area contributed by atoms with E-state index >= 15 is 0 Å². The fourth-order valence-corrected chi connectivity index (χ4v) is 2.12. The van der Waals surface area contributed by atoms with Crippen LogP contribution in [0, 0.1) is 0 Å². The van der Waals surface area contributed by atoms with Gasteiger partial charge in [0.05, 0.1) is 0 Å². The normalized spacial score (nSPS) is 25.5. The van der Waals surface area contributed by atoms with E-state index in [4.69, 9.17) is 11.5 Å². The monoisotopic (exact) mass is 190 g/mol. The molecule has 0 radical (unpaired) electrons. The van der Waals surface area contributed by atoms with E-state index in [-0.39, 0.29) is 0 Å². The molecule has 3 nitrogen and oxygen atoms in total. The van der Waals surface area contributed by atoms with Crippen molar-refractivity contribution in [1.82, 2.24) is 0 Å². The Bertz CT molecular complexity index is 375. The Kier molecular flexibility index (Phi) is 2.04. The van der Waals surface area contributed by atoms with Crippen molar-refractivity contribution in [3.8, 4) is 0 Å². The molecule has 1 aliphatic carbocycles. The molecule has 1 aromatic carbocycles. The van der Waals surface area contributed by atoms with Gasteiger partial charge in [-0.3, -0.25) is 4.79 Å². The van der Waals surface area contributed by atoms with E-state index in [0.717, 1.165) is 24.0 Å². The molecule has 1 atom stereocenters. The van der Waals surface area contributed by atoms with Gasteiger partial charge in [0.2, 0.25) is 5.91 Å². The maximum atomic E-state index is 11.3. The molecular weight excluding hydrogens is 176 g/mol. The van der Waals surface area contributed by atoms with Gasteiger partial charge in [-0.25, -0.2) is 0 Å². The topological polar surface area (TPSA) is 69.1 Å². The van der Waals surface area contributed by atoms with Crippen LogP contribution in [0.15, 0.2) is 24.3 Å². The number of fused-ring (bicyclic) bond motifs is 1. The minimum atomic E-state index is -0.950. The van der Waals surface area contributed by atoms with Crippen LogP contribution >= 0.6 is 0 Å². The van der Waals surface area contributed by atoms with Gasteiger partial charge in [0.25, 0.3) is 0 Å². The first-order valence-corrected chi connectivity index (χ1v) is 4.82. The highest BCUT2D eigenvalue weighted by molar-refractivity contribution is 5.86. The molecule has 0 aromatic heterocycles. The molecule has 14 heavy (non-hydrogen) atoms. The highest BCUT2D eigenvalue weighted by Crippen LogP contribution is 2.32. The first kappa shape index (κ1) is 9.21. The third-order valence-corrected chi connectivity index (χ3v) is 2.95. The lowest BCUT2D eigenvalue weighted by Gasteiger charge is -2.32. The Morgan fingerprint density at radius 1 is 1.36 bits per heavy atom. The van der Waals surface area contributed by atoms with Gasteiger partial charge in [-0.2, -0.15) is 0 Å². The van der Waals surface area contributed by atoms with Crippen molar-refractivity contribution in [3.05, 3.63) is 35.4 Å². The Morgan fingerprint density at radius 2 is 2.07 bits per heavy atom. The summed E-state index contributed by atoms with van der Waals surface area (Å²) in [6, 6.07) is 7.78. The van der Waals surface area contributed by atoms with Crippen LogP contribution in [0.1, 0.15) is 24.0 Å². The summed E-state index contributed by atoms with van der Waals surface area (Å²) in [4.78, 5) is 11.3. The molecule has 0 saturated heterocycles. The smallest absolute Gasteiger partial charge is 0.242 e. The zero-order chi connectivity index (χ0) is 10.2. The summed E-state index contributed by atoms with van der Waals surface area (Å²) in [5, 5.41) is 0. The number of carbonyl (C=O) groups excluding carboxylic acids is 1. The van der Waals surface area contributed by atoms with Gasteiger partial charge in [0.1, 0.15) is 5.54 Å². The number of aryl methyl sites for hydroxylation is 1. The number of benzene rings is 1. The number of nitrogens with two attached hydrogens (primary N) is 2. The van der Waals surface area contributed by atoms with Gasteiger partial charge in [-0.05, 0) is 30.4 Å². The van der Waals surface area contributed by atoms with Gasteiger partial charge in [-0.1, -0.05) is 24.3 Å². The summed E-state index contributed by atoms with van der Waals surface area (Å²) < 4.78 is 0. The predicted molar refractivity (Wildman–Crippen MR) is 54.4 cm³/mol. The summed E-state index contributed by atoms with van der Waals surface area (Å²) >= 11 is 0. The predicted octanol–water partition coefficient (Wildman–Crippen LogP) is 0.662. The lowest BCUT2D eigenvalue weighted by atomic mass is 9.77. The standard InChI is InChI=1S/C11H14N2O/c12-10(14)11(13)7-3-5-8-4-1-2-6-9(8)11/h1-2,4,6H,3,5,7,13H2,(H2,12,14). The zero-order valence-corrected chi connectivity index (χ0v) is 7.99. The van der Waals surface area contributed by atoms with E-state index < -0.39 is 11.4 Å². The van der Waals surface area contributed by atoms with Gasteiger partial charge >= 0.3 is 0 Å². The van der Waals surface area contributed by atoms with Crippen LogP contribution in [0.5, 0.6) is 0 Å².